The van der Waals surface area contributed by atoms with Crippen LogP contribution in [0.1, 0.15) is 22.9 Å². The molecular weight excluding hydrogens is 733 g/mol. The Labute approximate surface area is 336 Å². The van der Waals surface area contributed by atoms with E-state index in [1.54, 1.807) is 0 Å². The third-order valence-corrected chi connectivity index (χ3v) is 13.5. The molecule has 6 heteroatoms. The molecule has 1 atom stereocenters. The molecule has 0 aliphatic carbocycles. The Morgan fingerprint density at radius 3 is 1.89 bits per heavy atom. The van der Waals surface area contributed by atoms with Gasteiger partial charge in [0.15, 0.2) is 5.84 Å². The predicted molar refractivity (Wildman–Crippen MR) is 244 cm³/mol. The van der Waals surface area contributed by atoms with Crippen LogP contribution in [-0.4, -0.2) is 16.2 Å². The van der Waals surface area contributed by atoms with Crippen LogP contribution in [0.5, 0.6) is 0 Å². The van der Waals surface area contributed by atoms with E-state index in [-0.39, 0.29) is 6.17 Å². The third-order valence-electron chi connectivity index (χ3n) is 11.3. The van der Waals surface area contributed by atoms with E-state index in [2.05, 4.69) is 168 Å². The third kappa shape index (κ3) is 5.18. The number of nitrogens with zero attached hydrogens (tertiary/aromatic N) is 3. The minimum atomic E-state index is -0.325. The van der Waals surface area contributed by atoms with Crippen molar-refractivity contribution in [2.24, 2.45) is 9.98 Å². The van der Waals surface area contributed by atoms with Gasteiger partial charge in [0, 0.05) is 73.5 Å². The van der Waals surface area contributed by atoms with Crippen molar-refractivity contribution >= 4 is 96.5 Å². The standard InChI is InChI=1S/C51H32N4S2/c1-3-13-31(14-4-1)49-52-50(32-15-5-2-6-16-32)54-51(53-49)39-20-12-24-45-48(39)47-35(19-11-23-44(47)57-45)33-25-28-43-40(29-33)38-27-26-34(30-46(38)56-43)55-41-21-9-7-17-36(41)37-18-8-10-22-42(37)55/h1-30,51H,(H,52,53,54). The summed E-state index contributed by atoms with van der Waals surface area (Å²) in [6.07, 6.45) is -0.325. The van der Waals surface area contributed by atoms with E-state index in [1.807, 2.05) is 46.9 Å². The Kier molecular flexibility index (Phi) is 7.30. The Morgan fingerprint density at radius 2 is 1.12 bits per heavy atom. The van der Waals surface area contributed by atoms with Crippen LogP contribution in [0.4, 0.5) is 0 Å². The minimum absolute atomic E-state index is 0.325. The summed E-state index contributed by atoms with van der Waals surface area (Å²) in [5.41, 5.74) is 9.26. The van der Waals surface area contributed by atoms with Crippen LogP contribution in [0.3, 0.4) is 0 Å². The second kappa shape index (κ2) is 12.8. The second-order valence-electron chi connectivity index (χ2n) is 14.6. The van der Waals surface area contributed by atoms with Crippen LogP contribution < -0.4 is 5.32 Å². The number of rotatable bonds is 5. The largest absolute Gasteiger partial charge is 0.344 e. The van der Waals surface area contributed by atoms with Crippen molar-refractivity contribution in [2.45, 2.75) is 6.17 Å². The molecule has 0 saturated heterocycles. The summed E-state index contributed by atoms with van der Waals surface area (Å²) < 4.78 is 7.49. The van der Waals surface area contributed by atoms with Gasteiger partial charge < -0.3 is 9.88 Å². The molecule has 57 heavy (non-hydrogen) atoms. The number of fused-ring (bicyclic) bond motifs is 9. The van der Waals surface area contributed by atoms with Crippen molar-refractivity contribution in [3.8, 4) is 16.8 Å². The van der Waals surface area contributed by atoms with E-state index in [1.165, 1.54) is 79.0 Å². The summed E-state index contributed by atoms with van der Waals surface area (Å²) in [7, 11) is 0. The van der Waals surface area contributed by atoms with Crippen LogP contribution in [-0.2, 0) is 0 Å². The van der Waals surface area contributed by atoms with Gasteiger partial charge in [-0.05, 0) is 59.7 Å². The van der Waals surface area contributed by atoms with Crippen LogP contribution in [0, 0.1) is 0 Å². The Hall–Kier alpha value is -6.86. The molecule has 0 amide bonds. The van der Waals surface area contributed by atoms with Gasteiger partial charge in [-0.25, -0.2) is 9.98 Å². The zero-order chi connectivity index (χ0) is 37.5. The number of thiophene rings is 2. The molecule has 0 saturated carbocycles. The maximum Gasteiger partial charge on any atom is 0.159 e. The molecular formula is C51H32N4S2. The first kappa shape index (κ1) is 32.4. The molecule has 1 aliphatic heterocycles. The van der Waals surface area contributed by atoms with Crippen molar-refractivity contribution < 1.29 is 0 Å². The number of amidine groups is 2. The first-order valence-corrected chi connectivity index (χ1v) is 20.8. The fourth-order valence-corrected chi connectivity index (χ4v) is 11.0. The second-order valence-corrected chi connectivity index (χ2v) is 16.7. The SMILES string of the molecule is c1ccc(C2=NC(c3cccc4sc5cccc(-c6ccc7sc8cc(-n9c%10ccccc%10c%10ccccc%109)ccc8c7c6)c5c34)NC(c3ccccc3)=N2)cc1. The molecule has 8 aromatic carbocycles. The topological polar surface area (TPSA) is 41.7 Å². The Bertz CT molecular complexity index is 3390. The lowest BCUT2D eigenvalue weighted by atomic mass is 9.95. The van der Waals surface area contributed by atoms with Crippen molar-refractivity contribution in [2.75, 3.05) is 0 Å². The van der Waals surface area contributed by atoms with E-state index >= 15 is 0 Å². The number of hydrogen-bond acceptors (Lipinski definition) is 5. The lowest BCUT2D eigenvalue weighted by Gasteiger charge is -2.24. The number of aliphatic imine (C=N–C) groups is 2. The average molecular weight is 765 g/mol. The highest BCUT2D eigenvalue weighted by atomic mass is 32.1. The summed E-state index contributed by atoms with van der Waals surface area (Å²) in [5, 5.41) is 11.4. The highest BCUT2D eigenvalue weighted by Crippen LogP contribution is 2.45. The zero-order valence-corrected chi connectivity index (χ0v) is 32.2. The minimum Gasteiger partial charge on any atom is -0.344 e. The summed E-state index contributed by atoms with van der Waals surface area (Å²) in [6.45, 7) is 0. The summed E-state index contributed by atoms with van der Waals surface area (Å²) in [6, 6.07) is 65.4. The number of benzene rings is 8. The fourth-order valence-electron chi connectivity index (χ4n) is 8.70. The van der Waals surface area contributed by atoms with Crippen LogP contribution in [0.15, 0.2) is 192 Å². The van der Waals surface area contributed by atoms with Crippen LogP contribution >= 0.6 is 22.7 Å². The van der Waals surface area contributed by atoms with Gasteiger partial charge in [-0.1, -0.05) is 133 Å². The monoisotopic (exact) mass is 764 g/mol. The quantitative estimate of drug-likeness (QED) is 0.186. The van der Waals surface area contributed by atoms with Gasteiger partial charge in [0.25, 0.3) is 0 Å². The van der Waals surface area contributed by atoms with Crippen molar-refractivity contribution in [3.05, 3.63) is 199 Å². The van der Waals surface area contributed by atoms with E-state index < -0.39 is 0 Å². The maximum atomic E-state index is 5.29. The molecule has 268 valence electrons. The molecule has 1 N–H and O–H groups in total. The summed E-state index contributed by atoms with van der Waals surface area (Å²) in [5.74, 6) is 1.55. The normalized spacial score (nSPS) is 14.5. The average Bonchev–Trinajstić information content (AvgIpc) is 3.96. The molecule has 4 heterocycles. The first-order valence-electron chi connectivity index (χ1n) is 19.2. The van der Waals surface area contributed by atoms with Crippen LogP contribution in [0.25, 0.3) is 79.0 Å². The first-order chi connectivity index (χ1) is 28.2. The van der Waals surface area contributed by atoms with Crippen molar-refractivity contribution in [1.82, 2.24) is 9.88 Å². The number of hydrogen-bond donors (Lipinski definition) is 1. The van der Waals surface area contributed by atoms with Crippen molar-refractivity contribution in [3.63, 3.8) is 0 Å². The van der Waals surface area contributed by atoms with E-state index in [0.29, 0.717) is 0 Å². The smallest absolute Gasteiger partial charge is 0.159 e. The highest BCUT2D eigenvalue weighted by molar-refractivity contribution is 7.26. The number of aromatic nitrogens is 1. The molecule has 0 fully saturated rings. The van der Waals surface area contributed by atoms with Gasteiger partial charge >= 0.3 is 0 Å². The lowest BCUT2D eigenvalue weighted by molar-refractivity contribution is 0.680. The van der Waals surface area contributed by atoms with Gasteiger partial charge in [-0.15, -0.1) is 22.7 Å². The van der Waals surface area contributed by atoms with Crippen LogP contribution in [0.2, 0.25) is 0 Å². The Morgan fingerprint density at radius 1 is 0.456 bits per heavy atom. The van der Waals surface area contributed by atoms with E-state index in [9.17, 15) is 0 Å². The summed E-state index contributed by atoms with van der Waals surface area (Å²) in [4.78, 5) is 10.3. The van der Waals surface area contributed by atoms with Crippen molar-refractivity contribution in [1.29, 1.82) is 0 Å². The van der Waals surface area contributed by atoms with Gasteiger partial charge in [0.05, 0.1) is 11.0 Å². The molecule has 0 spiro atoms. The zero-order valence-electron chi connectivity index (χ0n) is 30.6. The lowest BCUT2D eigenvalue weighted by Crippen LogP contribution is -2.33. The molecule has 3 aromatic heterocycles. The summed E-state index contributed by atoms with van der Waals surface area (Å²) >= 11 is 3.71. The molecule has 0 radical (unpaired) electrons. The highest BCUT2D eigenvalue weighted by Gasteiger charge is 2.25. The van der Waals surface area contributed by atoms with Gasteiger partial charge in [-0.2, -0.15) is 0 Å². The predicted octanol–water partition coefficient (Wildman–Crippen LogP) is 13.7. The number of para-hydroxylation sites is 2. The Balaban J connectivity index is 1.00. The van der Waals surface area contributed by atoms with Gasteiger partial charge in [-0.3, -0.25) is 0 Å². The van der Waals surface area contributed by atoms with Gasteiger partial charge in [0.1, 0.15) is 12.0 Å². The molecule has 1 unspecified atom stereocenters. The fraction of sp³-hybridized carbons (Fsp3) is 0.0196. The van der Waals surface area contributed by atoms with E-state index in [4.69, 9.17) is 9.98 Å². The number of nitrogens with one attached hydrogen (secondary N) is 1. The van der Waals surface area contributed by atoms with Gasteiger partial charge in [0.2, 0.25) is 0 Å². The van der Waals surface area contributed by atoms with E-state index in [0.717, 1.165) is 28.4 Å². The molecule has 12 rings (SSSR count). The molecule has 1 aliphatic rings. The maximum absolute atomic E-state index is 5.29. The molecule has 0 bridgehead atoms. The molecule has 11 aromatic rings. The molecule has 4 nitrogen and oxygen atoms in total.